The van der Waals surface area contributed by atoms with Crippen molar-refractivity contribution in [2.45, 2.75) is 57.8 Å². The van der Waals surface area contributed by atoms with E-state index in [0.29, 0.717) is 12.4 Å². The van der Waals surface area contributed by atoms with E-state index >= 15 is 0 Å². The van der Waals surface area contributed by atoms with Crippen LogP contribution in [0.15, 0.2) is 42.6 Å². The molecule has 2 aliphatic heterocycles. The normalized spacial score (nSPS) is 26.4. The van der Waals surface area contributed by atoms with E-state index in [1.54, 1.807) is 6.20 Å². The van der Waals surface area contributed by atoms with Gasteiger partial charge in [-0.25, -0.2) is 0 Å². The highest BCUT2D eigenvalue weighted by Gasteiger charge is 2.52. The molecule has 1 aromatic carbocycles. The molecule has 0 radical (unpaired) electrons. The molecule has 4 rings (SSSR count). The molecular formula is C22H28BNO4. The van der Waals surface area contributed by atoms with Crippen LogP contribution in [0.25, 0.3) is 0 Å². The highest BCUT2D eigenvalue weighted by atomic mass is 16.7. The van der Waals surface area contributed by atoms with Gasteiger partial charge in [-0.1, -0.05) is 25.1 Å². The van der Waals surface area contributed by atoms with E-state index in [-0.39, 0.29) is 11.8 Å². The number of nitrogens with zero attached hydrogens (tertiary/aromatic N) is 1. The molecule has 148 valence electrons. The van der Waals surface area contributed by atoms with Gasteiger partial charge in [-0.3, -0.25) is 4.98 Å². The number of fused-ring (bicyclic) bond motifs is 1. The third-order valence-electron chi connectivity index (χ3n) is 6.52. The van der Waals surface area contributed by atoms with Gasteiger partial charge in [-0.15, -0.1) is 0 Å². The number of hydrogen-bond donors (Lipinski definition) is 1. The third kappa shape index (κ3) is 3.23. The molecule has 2 aliphatic rings. The Balaban J connectivity index is 1.56. The zero-order chi connectivity index (χ0) is 20.1. The van der Waals surface area contributed by atoms with Crippen molar-refractivity contribution < 1.29 is 19.2 Å². The summed E-state index contributed by atoms with van der Waals surface area (Å²) in [5.41, 5.74) is 1.89. The lowest BCUT2D eigenvalue weighted by Gasteiger charge is -2.34. The summed E-state index contributed by atoms with van der Waals surface area (Å²) in [4.78, 5) is 4.44. The van der Waals surface area contributed by atoms with Crippen LogP contribution in [0.1, 0.15) is 57.9 Å². The number of aromatic nitrogens is 1. The monoisotopic (exact) mass is 381 g/mol. The second-order valence-corrected chi connectivity index (χ2v) is 8.85. The van der Waals surface area contributed by atoms with Gasteiger partial charge in [-0.05, 0) is 51.4 Å². The average Bonchev–Trinajstić information content (AvgIpc) is 2.89. The molecule has 0 saturated carbocycles. The van der Waals surface area contributed by atoms with Gasteiger partial charge in [0.1, 0.15) is 5.75 Å². The van der Waals surface area contributed by atoms with E-state index in [1.165, 1.54) is 0 Å². The largest absolute Gasteiger partial charge is 0.494 e. The number of hydrogen-bond acceptors (Lipinski definition) is 5. The fourth-order valence-electron chi connectivity index (χ4n) is 3.84. The third-order valence-corrected chi connectivity index (χ3v) is 6.52. The smallest absolute Gasteiger partial charge is 0.493 e. The summed E-state index contributed by atoms with van der Waals surface area (Å²) in [7, 11) is -0.443. The van der Waals surface area contributed by atoms with Gasteiger partial charge in [0, 0.05) is 29.3 Å². The van der Waals surface area contributed by atoms with Crippen LogP contribution in [0, 0.1) is 5.92 Å². The Bertz CT molecular complexity index is 839. The summed E-state index contributed by atoms with van der Waals surface area (Å²) in [6, 6.07) is 11.7. The molecule has 5 nitrogen and oxygen atoms in total. The van der Waals surface area contributed by atoms with Gasteiger partial charge in [-0.2, -0.15) is 0 Å². The molecule has 1 fully saturated rings. The maximum atomic E-state index is 11.0. The fourth-order valence-corrected chi connectivity index (χ4v) is 3.84. The second-order valence-electron chi connectivity index (χ2n) is 8.85. The number of benzene rings is 1. The second kappa shape index (κ2) is 6.87. The summed E-state index contributed by atoms with van der Waals surface area (Å²) in [6.07, 6.45) is 1.18. The van der Waals surface area contributed by atoms with E-state index in [0.717, 1.165) is 16.7 Å². The Hall–Kier alpha value is -1.89. The van der Waals surface area contributed by atoms with Gasteiger partial charge in [0.25, 0.3) is 0 Å². The van der Waals surface area contributed by atoms with Gasteiger partial charge in [0.15, 0.2) is 0 Å². The van der Waals surface area contributed by atoms with E-state index in [9.17, 15) is 5.11 Å². The first-order valence-corrected chi connectivity index (χ1v) is 9.91. The summed E-state index contributed by atoms with van der Waals surface area (Å²) >= 11 is 0. The van der Waals surface area contributed by atoms with Crippen LogP contribution in [0.3, 0.4) is 0 Å². The molecular weight excluding hydrogens is 353 g/mol. The molecule has 1 saturated heterocycles. The minimum Gasteiger partial charge on any atom is -0.493 e. The minimum absolute atomic E-state index is 0.0508. The van der Waals surface area contributed by atoms with E-state index < -0.39 is 24.4 Å². The molecule has 1 N–H and O–H groups in total. The number of rotatable bonds is 3. The molecule has 1 aromatic heterocycles. The Morgan fingerprint density at radius 2 is 1.82 bits per heavy atom. The van der Waals surface area contributed by atoms with E-state index in [1.807, 2.05) is 64.1 Å². The summed E-state index contributed by atoms with van der Waals surface area (Å²) in [6.45, 7) is 10.7. The zero-order valence-electron chi connectivity index (χ0n) is 17.2. The van der Waals surface area contributed by atoms with Crippen molar-refractivity contribution in [1.29, 1.82) is 0 Å². The molecule has 0 bridgehead atoms. The molecule has 2 unspecified atom stereocenters. The van der Waals surface area contributed by atoms with Crippen molar-refractivity contribution in [3.8, 4) is 5.75 Å². The van der Waals surface area contributed by atoms with Gasteiger partial charge in [0.2, 0.25) is 0 Å². The molecule has 28 heavy (non-hydrogen) atoms. The molecule has 0 spiro atoms. The quantitative estimate of drug-likeness (QED) is 0.828. The fraction of sp³-hybridized carbons (Fsp3) is 0.500. The standard InChI is InChI=1S/C22H28BNO4/c1-14(18-8-6-7-11-24-18)17-13-26-19-12-15(9-10-16(19)20(17)25)23-27-21(2,3)22(4,5)28-23/h6-12,14,17,20,25H,13H2,1-5H3/t14?,17?,20-/m1/s1. The van der Waals surface area contributed by atoms with Crippen LogP contribution in [-0.2, 0) is 9.31 Å². The van der Waals surface area contributed by atoms with E-state index in [2.05, 4.69) is 11.9 Å². The SMILES string of the molecule is CC(c1ccccn1)C1COc2cc(B3OC(C)(C)C(C)(C)O3)ccc2[C@H]1O. The average molecular weight is 381 g/mol. The van der Waals surface area contributed by atoms with Crippen molar-refractivity contribution in [2.75, 3.05) is 6.61 Å². The number of ether oxygens (including phenoxy) is 1. The van der Waals surface area contributed by atoms with Crippen molar-refractivity contribution in [2.24, 2.45) is 5.92 Å². The Kier molecular flexibility index (Phi) is 4.77. The lowest BCUT2D eigenvalue weighted by Crippen LogP contribution is -2.41. The van der Waals surface area contributed by atoms with Crippen molar-refractivity contribution >= 4 is 12.6 Å². The maximum absolute atomic E-state index is 11.0. The molecule has 3 atom stereocenters. The molecule has 6 heteroatoms. The lowest BCUT2D eigenvalue weighted by atomic mass is 9.76. The lowest BCUT2D eigenvalue weighted by molar-refractivity contribution is 0.00578. The van der Waals surface area contributed by atoms with Crippen LogP contribution >= 0.6 is 0 Å². The van der Waals surface area contributed by atoms with Crippen LogP contribution < -0.4 is 10.2 Å². The number of pyridine rings is 1. The Labute approximate surface area is 167 Å². The predicted octanol–water partition coefficient (Wildman–Crippen LogP) is 3.23. The van der Waals surface area contributed by atoms with Crippen molar-refractivity contribution in [1.82, 2.24) is 4.98 Å². The summed E-state index contributed by atoms with van der Waals surface area (Å²) in [5, 5.41) is 11.0. The van der Waals surface area contributed by atoms with Gasteiger partial charge < -0.3 is 19.2 Å². The first kappa shape index (κ1) is 19.4. The molecule has 0 amide bonds. The topological polar surface area (TPSA) is 60.8 Å². The maximum Gasteiger partial charge on any atom is 0.494 e. The minimum atomic E-state index is -0.604. The summed E-state index contributed by atoms with van der Waals surface area (Å²) < 4.78 is 18.3. The first-order chi connectivity index (χ1) is 13.2. The van der Waals surface area contributed by atoms with Crippen LogP contribution in [0.4, 0.5) is 0 Å². The first-order valence-electron chi connectivity index (χ1n) is 9.91. The van der Waals surface area contributed by atoms with Crippen molar-refractivity contribution in [3.05, 3.63) is 53.9 Å². The number of aliphatic hydroxyl groups excluding tert-OH is 1. The Morgan fingerprint density at radius 1 is 1.11 bits per heavy atom. The zero-order valence-corrected chi connectivity index (χ0v) is 17.2. The molecule has 0 aliphatic carbocycles. The highest BCUT2D eigenvalue weighted by molar-refractivity contribution is 6.62. The molecule has 3 heterocycles. The van der Waals surface area contributed by atoms with E-state index in [4.69, 9.17) is 14.0 Å². The Morgan fingerprint density at radius 3 is 2.46 bits per heavy atom. The predicted molar refractivity (Wildman–Crippen MR) is 109 cm³/mol. The van der Waals surface area contributed by atoms with Gasteiger partial charge >= 0.3 is 7.12 Å². The molecule has 2 aromatic rings. The van der Waals surface area contributed by atoms with Crippen LogP contribution in [0.5, 0.6) is 5.75 Å². The van der Waals surface area contributed by atoms with Crippen molar-refractivity contribution in [3.63, 3.8) is 0 Å². The van der Waals surface area contributed by atoms with Crippen LogP contribution in [-0.4, -0.2) is 35.0 Å². The summed E-state index contributed by atoms with van der Waals surface area (Å²) in [5.74, 6) is 0.737. The van der Waals surface area contributed by atoms with Gasteiger partial charge in [0.05, 0.1) is 23.9 Å². The highest BCUT2D eigenvalue weighted by Crippen LogP contribution is 2.42. The number of aliphatic hydroxyl groups is 1. The van der Waals surface area contributed by atoms with Crippen LogP contribution in [0.2, 0.25) is 0 Å².